The van der Waals surface area contributed by atoms with Gasteiger partial charge >= 0.3 is 5.97 Å². The minimum absolute atomic E-state index is 0.0846. The molecule has 0 aromatic heterocycles. The molecule has 2 nitrogen and oxygen atoms in total. The van der Waals surface area contributed by atoms with Gasteiger partial charge in [0.2, 0.25) is 0 Å². The summed E-state index contributed by atoms with van der Waals surface area (Å²) in [6.45, 7) is 0. The summed E-state index contributed by atoms with van der Waals surface area (Å²) in [7, 11) is 0. The zero-order valence-corrected chi connectivity index (χ0v) is 12.8. The summed E-state index contributed by atoms with van der Waals surface area (Å²) in [5.74, 6) is -0.879. The van der Waals surface area contributed by atoms with Gasteiger partial charge in [0.15, 0.2) is 0 Å². The second-order valence-electron chi connectivity index (χ2n) is 2.38. The number of hydrogen-bond donors (Lipinski definition) is 1. The van der Waals surface area contributed by atoms with E-state index in [4.69, 9.17) is 5.11 Å². The van der Waals surface area contributed by atoms with Crippen molar-refractivity contribution in [3.8, 4) is 0 Å². The van der Waals surface area contributed by atoms with E-state index in [0.717, 1.165) is 5.56 Å². The number of carboxylic acids is 1. The van der Waals surface area contributed by atoms with Gasteiger partial charge in [0.1, 0.15) is -0.565 Å². The molecule has 0 bridgehead atoms. The third-order valence-electron chi connectivity index (χ3n) is 1.44. The molecular formula is C8H5I3O2. The van der Waals surface area contributed by atoms with E-state index in [1.165, 1.54) is 0 Å². The van der Waals surface area contributed by atoms with Gasteiger partial charge < -0.3 is 5.11 Å². The van der Waals surface area contributed by atoms with Gasteiger partial charge in [0, 0.05) is 0 Å². The SMILES string of the molecule is O=C(O)c1cccc(C(I)(I)I)c1. The molecule has 1 rings (SSSR count). The highest BCUT2D eigenvalue weighted by atomic mass is 127. The lowest BCUT2D eigenvalue weighted by Gasteiger charge is -2.12. The van der Waals surface area contributed by atoms with Crippen LogP contribution >= 0.6 is 67.8 Å². The van der Waals surface area contributed by atoms with E-state index in [1.807, 2.05) is 6.07 Å². The third-order valence-corrected chi connectivity index (χ3v) is 3.31. The third kappa shape index (κ3) is 3.50. The summed E-state index contributed by atoms with van der Waals surface area (Å²) in [5, 5.41) is 8.77. The fourth-order valence-corrected chi connectivity index (χ4v) is 1.84. The van der Waals surface area contributed by atoms with E-state index in [2.05, 4.69) is 67.8 Å². The maximum Gasteiger partial charge on any atom is 0.335 e. The summed E-state index contributed by atoms with van der Waals surface area (Å²) < 4.78 is -0.0846. The van der Waals surface area contributed by atoms with Crippen molar-refractivity contribution in [1.29, 1.82) is 0 Å². The van der Waals surface area contributed by atoms with E-state index < -0.39 is 5.97 Å². The quantitative estimate of drug-likeness (QED) is 0.483. The van der Waals surface area contributed by atoms with Gasteiger partial charge in [-0.25, -0.2) is 4.79 Å². The van der Waals surface area contributed by atoms with Crippen LogP contribution in [0.2, 0.25) is 0 Å². The fraction of sp³-hybridized carbons (Fsp3) is 0.125. The first kappa shape index (κ1) is 12.0. The molecule has 0 fully saturated rings. The zero-order chi connectivity index (χ0) is 10.1. The number of aromatic carboxylic acids is 1. The fourth-order valence-electron chi connectivity index (χ4n) is 0.829. The standard InChI is InChI=1S/C8H5I3O2/c9-8(10,11)6-3-1-2-5(4-6)7(12)13/h1-4H,(H,12,13). The number of rotatable bonds is 2. The van der Waals surface area contributed by atoms with Crippen molar-refractivity contribution < 1.29 is 9.90 Å². The Morgan fingerprint density at radius 2 is 1.92 bits per heavy atom. The Bertz CT molecular complexity index is 330. The Hall–Kier alpha value is 0.880. The number of alkyl halides is 3. The van der Waals surface area contributed by atoms with Crippen LogP contribution in [0, 0.1) is 0 Å². The number of hydrogen-bond acceptors (Lipinski definition) is 1. The van der Waals surface area contributed by atoms with Crippen molar-refractivity contribution in [2.45, 2.75) is -0.565 Å². The van der Waals surface area contributed by atoms with Crippen LogP contribution in [0.25, 0.3) is 0 Å². The molecule has 1 aromatic carbocycles. The summed E-state index contributed by atoms with van der Waals surface area (Å²) in [6, 6.07) is 7.00. The minimum atomic E-state index is -0.879. The second-order valence-corrected chi connectivity index (χ2v) is 13.4. The topological polar surface area (TPSA) is 37.3 Å². The molecule has 1 aromatic rings. The average molecular weight is 514 g/mol. The van der Waals surface area contributed by atoms with E-state index in [9.17, 15) is 4.79 Å². The van der Waals surface area contributed by atoms with E-state index in [-0.39, 0.29) is -0.565 Å². The first-order chi connectivity index (χ1) is 5.91. The Balaban J connectivity index is 3.13. The Kier molecular flexibility index (Phi) is 4.23. The van der Waals surface area contributed by atoms with Crippen molar-refractivity contribution in [3.05, 3.63) is 35.4 Å². The molecule has 0 heterocycles. The molecule has 0 atom stereocenters. The van der Waals surface area contributed by atoms with E-state index >= 15 is 0 Å². The van der Waals surface area contributed by atoms with Gasteiger partial charge in [-0.2, -0.15) is 0 Å². The van der Waals surface area contributed by atoms with Gasteiger partial charge in [0.25, 0.3) is 0 Å². The van der Waals surface area contributed by atoms with Crippen LogP contribution in [0.3, 0.4) is 0 Å². The maximum atomic E-state index is 10.7. The summed E-state index contributed by atoms with van der Waals surface area (Å²) >= 11 is 6.79. The van der Waals surface area contributed by atoms with Crippen LogP contribution in [0.4, 0.5) is 0 Å². The highest BCUT2D eigenvalue weighted by Gasteiger charge is 2.21. The molecule has 0 spiro atoms. The summed E-state index contributed by atoms with van der Waals surface area (Å²) in [5.41, 5.74) is 1.35. The van der Waals surface area contributed by atoms with Crippen LogP contribution in [0.5, 0.6) is 0 Å². The number of carbonyl (C=O) groups is 1. The van der Waals surface area contributed by atoms with Gasteiger partial charge in [-0.1, -0.05) is 12.1 Å². The maximum absolute atomic E-state index is 10.7. The van der Waals surface area contributed by atoms with Crippen molar-refractivity contribution in [3.63, 3.8) is 0 Å². The zero-order valence-electron chi connectivity index (χ0n) is 6.30. The molecule has 0 radical (unpaired) electrons. The number of carboxylic acid groups (broad SMARTS) is 1. The average Bonchev–Trinajstić information content (AvgIpc) is 2.03. The molecule has 13 heavy (non-hydrogen) atoms. The second kappa shape index (κ2) is 4.60. The molecule has 5 heteroatoms. The van der Waals surface area contributed by atoms with Crippen LogP contribution in [0.1, 0.15) is 15.9 Å². The van der Waals surface area contributed by atoms with Gasteiger partial charge in [-0.3, -0.25) is 0 Å². The van der Waals surface area contributed by atoms with Crippen molar-refractivity contribution in [1.82, 2.24) is 0 Å². The molecule has 0 saturated heterocycles. The van der Waals surface area contributed by atoms with Crippen molar-refractivity contribution in [2.75, 3.05) is 0 Å². The Morgan fingerprint density at radius 1 is 1.31 bits per heavy atom. The van der Waals surface area contributed by atoms with E-state index in [0.29, 0.717) is 5.56 Å². The summed E-state index contributed by atoms with van der Waals surface area (Å²) in [4.78, 5) is 10.7. The molecule has 0 aliphatic rings. The Labute approximate surface area is 117 Å². The molecule has 0 saturated carbocycles. The molecule has 0 aliphatic heterocycles. The highest BCUT2D eigenvalue weighted by molar-refractivity contribution is 14.3. The van der Waals surface area contributed by atoms with E-state index in [1.54, 1.807) is 18.2 Å². The smallest absolute Gasteiger partial charge is 0.335 e. The largest absolute Gasteiger partial charge is 0.478 e. The van der Waals surface area contributed by atoms with Crippen LogP contribution in [0.15, 0.2) is 24.3 Å². The van der Waals surface area contributed by atoms with Gasteiger partial charge in [0.05, 0.1) is 5.56 Å². The van der Waals surface area contributed by atoms with Crippen molar-refractivity contribution >= 4 is 73.7 Å². The minimum Gasteiger partial charge on any atom is -0.478 e. The highest BCUT2D eigenvalue weighted by Crippen LogP contribution is 2.45. The predicted molar refractivity (Wildman–Crippen MR) is 77.1 cm³/mol. The summed E-state index contributed by atoms with van der Waals surface area (Å²) in [6.07, 6.45) is 0. The number of halogens is 3. The normalized spacial score (nSPS) is 11.3. The monoisotopic (exact) mass is 514 g/mol. The Morgan fingerprint density at radius 3 is 2.38 bits per heavy atom. The first-order valence-corrected chi connectivity index (χ1v) is 6.55. The lowest BCUT2D eigenvalue weighted by Crippen LogP contribution is -2.01. The molecule has 0 aliphatic carbocycles. The van der Waals surface area contributed by atoms with Crippen molar-refractivity contribution in [2.24, 2.45) is 0 Å². The van der Waals surface area contributed by atoms with Gasteiger partial charge in [-0.05, 0) is 85.5 Å². The molecular weight excluding hydrogens is 509 g/mol. The molecule has 70 valence electrons. The predicted octanol–water partition coefficient (Wildman–Crippen LogP) is 3.80. The van der Waals surface area contributed by atoms with Gasteiger partial charge in [-0.15, -0.1) is 0 Å². The number of benzene rings is 1. The molecule has 0 unspecified atom stereocenters. The lowest BCUT2D eigenvalue weighted by molar-refractivity contribution is 0.0697. The van der Waals surface area contributed by atoms with Crippen LogP contribution in [-0.4, -0.2) is 11.1 Å². The van der Waals surface area contributed by atoms with Crippen LogP contribution < -0.4 is 0 Å². The first-order valence-electron chi connectivity index (χ1n) is 3.32. The lowest BCUT2D eigenvalue weighted by atomic mass is 10.1. The van der Waals surface area contributed by atoms with Crippen LogP contribution in [-0.2, 0) is -0.565 Å². The molecule has 0 amide bonds. The molecule has 1 N–H and O–H groups in total.